The molecule has 0 atom stereocenters. The zero-order valence-electron chi connectivity index (χ0n) is 16.0. The molecule has 0 aliphatic carbocycles. The van der Waals surface area contributed by atoms with Gasteiger partial charge in [0.2, 0.25) is 0 Å². The molecule has 6 nitrogen and oxygen atoms in total. The highest BCUT2D eigenvalue weighted by atomic mass is 16.4. The van der Waals surface area contributed by atoms with Gasteiger partial charge in [-0.1, -0.05) is 42.0 Å². The topological polar surface area (TPSA) is 77.1 Å². The molecule has 4 aromatic rings. The number of aryl methyl sites for hydroxylation is 2. The minimum absolute atomic E-state index is 0.104. The maximum absolute atomic E-state index is 12.3. The number of aromatic carboxylic acids is 1. The molecule has 6 heteroatoms. The summed E-state index contributed by atoms with van der Waals surface area (Å²) in [5.74, 6) is -1.01. The smallest absolute Gasteiger partial charge is 0.337 e. The number of para-hydroxylation sites is 1. The Bertz CT molecular complexity index is 1270. The third-order valence-electron chi connectivity index (χ3n) is 4.87. The summed E-state index contributed by atoms with van der Waals surface area (Å²) in [7, 11) is 1.70. The average Bonchev–Trinajstić information content (AvgIpc) is 3.20. The van der Waals surface area contributed by atoms with Crippen molar-refractivity contribution in [2.45, 2.75) is 6.92 Å². The van der Waals surface area contributed by atoms with Crippen molar-refractivity contribution >= 4 is 5.97 Å². The van der Waals surface area contributed by atoms with Crippen molar-refractivity contribution in [3.63, 3.8) is 0 Å². The Kier molecular flexibility index (Phi) is 4.60. The molecule has 0 spiro atoms. The van der Waals surface area contributed by atoms with Gasteiger partial charge < -0.3 is 9.67 Å². The van der Waals surface area contributed by atoms with E-state index in [4.69, 9.17) is 0 Å². The Hall–Kier alpha value is -3.93. The number of carbonyl (C=O) groups is 1. The Morgan fingerprint density at radius 2 is 1.69 bits per heavy atom. The van der Waals surface area contributed by atoms with Gasteiger partial charge in [0, 0.05) is 36.6 Å². The molecular weight excluding hydrogens is 366 g/mol. The first-order valence-corrected chi connectivity index (χ1v) is 9.09. The first-order valence-electron chi connectivity index (χ1n) is 9.09. The van der Waals surface area contributed by atoms with Crippen molar-refractivity contribution in [3.8, 4) is 27.9 Å². The summed E-state index contributed by atoms with van der Waals surface area (Å²) >= 11 is 0. The third-order valence-corrected chi connectivity index (χ3v) is 4.87. The Balaban J connectivity index is 1.87. The van der Waals surface area contributed by atoms with Crippen LogP contribution in [0.5, 0.6) is 0 Å². The summed E-state index contributed by atoms with van der Waals surface area (Å²) in [5, 5.41) is 13.8. The summed E-state index contributed by atoms with van der Waals surface area (Å²) in [5.41, 5.74) is 5.05. The van der Waals surface area contributed by atoms with Gasteiger partial charge in [0.05, 0.1) is 17.4 Å². The van der Waals surface area contributed by atoms with E-state index in [0.717, 1.165) is 27.8 Å². The molecule has 0 aliphatic heterocycles. The number of nitrogens with zero attached hydrogens (tertiary/aromatic N) is 3. The zero-order valence-corrected chi connectivity index (χ0v) is 16.0. The minimum atomic E-state index is -1.01. The highest BCUT2D eigenvalue weighted by molar-refractivity contribution is 5.92. The molecule has 29 heavy (non-hydrogen) atoms. The summed E-state index contributed by atoms with van der Waals surface area (Å²) in [6, 6.07) is 16.3. The SMILES string of the molecule is Cc1ccc(-c2cc(=O)n(C)cc2-c2cnn(-c3ccccc3C(=O)O)c2)cc1. The lowest BCUT2D eigenvalue weighted by Crippen LogP contribution is -2.15. The molecule has 2 heterocycles. The average molecular weight is 385 g/mol. The van der Waals surface area contributed by atoms with E-state index in [1.54, 1.807) is 60.7 Å². The van der Waals surface area contributed by atoms with Gasteiger partial charge >= 0.3 is 5.97 Å². The Morgan fingerprint density at radius 1 is 0.966 bits per heavy atom. The standard InChI is InChI=1S/C23H19N3O3/c1-15-7-9-16(10-8-15)19-11-22(27)25(2)14-20(19)17-12-24-26(13-17)21-6-4-3-5-18(21)23(28)29/h3-14H,1-2H3,(H,28,29). The van der Waals surface area contributed by atoms with Crippen molar-refractivity contribution in [2.24, 2.45) is 7.05 Å². The second-order valence-electron chi connectivity index (χ2n) is 6.91. The van der Waals surface area contributed by atoms with Crippen molar-refractivity contribution in [1.29, 1.82) is 0 Å². The molecule has 0 saturated carbocycles. The lowest BCUT2D eigenvalue weighted by atomic mass is 9.97. The molecular formula is C23H19N3O3. The molecule has 2 aromatic heterocycles. The van der Waals surface area contributed by atoms with E-state index in [-0.39, 0.29) is 11.1 Å². The molecule has 144 valence electrons. The third kappa shape index (κ3) is 3.48. The number of rotatable bonds is 4. The molecule has 1 N–H and O–H groups in total. The molecule has 0 bridgehead atoms. The van der Waals surface area contributed by atoms with Gasteiger partial charge in [0.15, 0.2) is 0 Å². The predicted molar refractivity (Wildman–Crippen MR) is 111 cm³/mol. The lowest BCUT2D eigenvalue weighted by Gasteiger charge is -2.11. The number of carboxylic acid groups (broad SMARTS) is 1. The maximum Gasteiger partial charge on any atom is 0.337 e. The number of hydrogen-bond donors (Lipinski definition) is 1. The molecule has 0 fully saturated rings. The van der Waals surface area contributed by atoms with Crippen LogP contribution in [0.3, 0.4) is 0 Å². The second kappa shape index (κ2) is 7.24. The van der Waals surface area contributed by atoms with Gasteiger partial charge in [-0.3, -0.25) is 4.79 Å². The van der Waals surface area contributed by atoms with Crippen LogP contribution in [0.15, 0.2) is 78.0 Å². The monoisotopic (exact) mass is 385 g/mol. The fourth-order valence-electron chi connectivity index (χ4n) is 3.28. The van der Waals surface area contributed by atoms with Crippen LogP contribution < -0.4 is 5.56 Å². The summed E-state index contributed by atoms with van der Waals surface area (Å²) in [6.45, 7) is 2.01. The molecule has 0 saturated heterocycles. The summed E-state index contributed by atoms with van der Waals surface area (Å²) < 4.78 is 3.07. The van der Waals surface area contributed by atoms with Crippen LogP contribution in [0.1, 0.15) is 15.9 Å². The van der Waals surface area contributed by atoms with Gasteiger partial charge in [-0.2, -0.15) is 5.10 Å². The minimum Gasteiger partial charge on any atom is -0.478 e. The van der Waals surface area contributed by atoms with E-state index in [1.807, 2.05) is 31.2 Å². The highest BCUT2D eigenvalue weighted by Gasteiger charge is 2.15. The van der Waals surface area contributed by atoms with Crippen molar-refractivity contribution in [2.75, 3.05) is 0 Å². The van der Waals surface area contributed by atoms with Crippen LogP contribution in [0, 0.1) is 6.92 Å². The van der Waals surface area contributed by atoms with E-state index >= 15 is 0 Å². The van der Waals surface area contributed by atoms with E-state index in [9.17, 15) is 14.7 Å². The van der Waals surface area contributed by atoms with Crippen molar-refractivity contribution in [1.82, 2.24) is 14.3 Å². The fourth-order valence-corrected chi connectivity index (χ4v) is 3.28. The largest absolute Gasteiger partial charge is 0.478 e. The number of benzene rings is 2. The van der Waals surface area contributed by atoms with Gasteiger partial charge in [-0.05, 0) is 30.2 Å². The molecule has 4 rings (SSSR count). The molecule has 0 aliphatic rings. The number of hydrogen-bond acceptors (Lipinski definition) is 3. The van der Waals surface area contributed by atoms with Crippen LogP contribution in [0.4, 0.5) is 0 Å². The molecule has 0 unspecified atom stereocenters. The Morgan fingerprint density at radius 3 is 2.41 bits per heavy atom. The molecule has 2 aromatic carbocycles. The van der Waals surface area contributed by atoms with Crippen LogP contribution in [0.25, 0.3) is 27.9 Å². The van der Waals surface area contributed by atoms with E-state index in [1.165, 1.54) is 4.57 Å². The zero-order chi connectivity index (χ0) is 20.5. The van der Waals surface area contributed by atoms with Crippen molar-refractivity contribution in [3.05, 3.63) is 94.7 Å². The van der Waals surface area contributed by atoms with Gasteiger partial charge in [0.25, 0.3) is 5.56 Å². The number of aromatic nitrogens is 3. The highest BCUT2D eigenvalue weighted by Crippen LogP contribution is 2.31. The van der Waals surface area contributed by atoms with Crippen LogP contribution in [-0.4, -0.2) is 25.4 Å². The second-order valence-corrected chi connectivity index (χ2v) is 6.91. The fraction of sp³-hybridized carbons (Fsp3) is 0.0870. The first-order chi connectivity index (χ1) is 13.9. The maximum atomic E-state index is 12.3. The van der Waals surface area contributed by atoms with Crippen LogP contribution in [-0.2, 0) is 7.05 Å². The van der Waals surface area contributed by atoms with Gasteiger partial charge in [-0.15, -0.1) is 0 Å². The van der Waals surface area contributed by atoms with Gasteiger partial charge in [0.1, 0.15) is 0 Å². The van der Waals surface area contributed by atoms with Crippen LogP contribution >= 0.6 is 0 Å². The van der Waals surface area contributed by atoms with E-state index < -0.39 is 5.97 Å². The van der Waals surface area contributed by atoms with E-state index in [0.29, 0.717) is 5.69 Å². The molecule has 0 amide bonds. The number of carboxylic acids is 1. The normalized spacial score (nSPS) is 10.8. The quantitative estimate of drug-likeness (QED) is 0.578. The molecule has 0 radical (unpaired) electrons. The van der Waals surface area contributed by atoms with Gasteiger partial charge in [-0.25, -0.2) is 9.48 Å². The van der Waals surface area contributed by atoms with E-state index in [2.05, 4.69) is 5.10 Å². The summed E-state index contributed by atoms with van der Waals surface area (Å²) in [4.78, 5) is 23.8. The van der Waals surface area contributed by atoms with Crippen LogP contribution in [0.2, 0.25) is 0 Å². The number of pyridine rings is 1. The first kappa shape index (κ1) is 18.4. The summed E-state index contributed by atoms with van der Waals surface area (Å²) in [6.07, 6.45) is 5.23. The predicted octanol–water partition coefficient (Wildman–Crippen LogP) is 3.91. The Labute approximate surface area is 167 Å². The van der Waals surface area contributed by atoms with Crippen molar-refractivity contribution < 1.29 is 9.90 Å². The lowest BCUT2D eigenvalue weighted by molar-refractivity contribution is 0.0696.